The molecule has 0 atom stereocenters. The average molecular weight is 363 g/mol. The van der Waals surface area contributed by atoms with Crippen LogP contribution < -0.4 is 10.7 Å². The fourth-order valence-electron chi connectivity index (χ4n) is 2.23. The normalized spacial score (nSPS) is 10.7. The maximum absolute atomic E-state index is 12.3. The van der Waals surface area contributed by atoms with Crippen molar-refractivity contribution in [2.24, 2.45) is 5.10 Å². The molecule has 0 saturated heterocycles. The van der Waals surface area contributed by atoms with Gasteiger partial charge in [-0.2, -0.15) is 5.10 Å². The molecule has 3 aromatic rings. The number of hydrazone groups is 1. The van der Waals surface area contributed by atoms with Gasteiger partial charge in [-0.3, -0.25) is 9.59 Å². The summed E-state index contributed by atoms with van der Waals surface area (Å²) in [6.07, 6.45) is 1.59. The molecular weight excluding hydrogens is 346 g/mol. The van der Waals surface area contributed by atoms with E-state index in [0.717, 1.165) is 10.4 Å². The fraction of sp³-hybridized carbons (Fsp3) is 0.0500. The van der Waals surface area contributed by atoms with Gasteiger partial charge in [0.15, 0.2) is 0 Å². The minimum atomic E-state index is -0.343. The van der Waals surface area contributed by atoms with Gasteiger partial charge in [0.25, 0.3) is 11.8 Å². The summed E-state index contributed by atoms with van der Waals surface area (Å²) in [6.45, 7) is 1.96. The molecular formula is C20H17N3O2S. The summed E-state index contributed by atoms with van der Waals surface area (Å²) in [5.41, 5.74) is 5.09. The van der Waals surface area contributed by atoms with E-state index in [4.69, 9.17) is 0 Å². The van der Waals surface area contributed by atoms with E-state index in [1.807, 2.05) is 36.6 Å². The first-order valence-electron chi connectivity index (χ1n) is 7.97. The molecule has 1 heterocycles. The van der Waals surface area contributed by atoms with Gasteiger partial charge >= 0.3 is 0 Å². The van der Waals surface area contributed by atoms with Crippen molar-refractivity contribution >= 4 is 35.1 Å². The molecule has 5 nitrogen and oxygen atoms in total. The second-order valence-corrected chi connectivity index (χ2v) is 6.59. The van der Waals surface area contributed by atoms with Crippen molar-refractivity contribution in [3.8, 4) is 0 Å². The van der Waals surface area contributed by atoms with Crippen LogP contribution in [0.25, 0.3) is 0 Å². The van der Waals surface area contributed by atoms with Gasteiger partial charge in [-0.1, -0.05) is 29.8 Å². The summed E-state index contributed by atoms with van der Waals surface area (Å²) in [6, 6.07) is 17.8. The van der Waals surface area contributed by atoms with Crippen LogP contribution in [0.4, 0.5) is 5.69 Å². The quantitative estimate of drug-likeness (QED) is 0.530. The second kappa shape index (κ2) is 8.22. The van der Waals surface area contributed by atoms with Crippen molar-refractivity contribution < 1.29 is 9.59 Å². The van der Waals surface area contributed by atoms with E-state index in [2.05, 4.69) is 15.8 Å². The van der Waals surface area contributed by atoms with Gasteiger partial charge < -0.3 is 5.32 Å². The lowest BCUT2D eigenvalue weighted by Gasteiger charge is -2.07. The van der Waals surface area contributed by atoms with Crippen LogP contribution in [0.2, 0.25) is 0 Å². The Labute approximate surface area is 155 Å². The number of hydrogen-bond acceptors (Lipinski definition) is 4. The van der Waals surface area contributed by atoms with Crippen LogP contribution in [0.3, 0.4) is 0 Å². The van der Waals surface area contributed by atoms with E-state index in [1.165, 1.54) is 11.3 Å². The smallest absolute Gasteiger partial charge is 0.271 e. The Morgan fingerprint density at radius 3 is 2.50 bits per heavy atom. The number of amides is 2. The standard InChI is InChI=1S/C20H17N3O2S/c1-14-7-9-15(10-8-14)19(24)22-17-5-2-4-16(12-17)20(25)23-21-13-18-6-3-11-26-18/h2-13H,1H3,(H,22,24)(H,23,25)/b21-13-. The second-order valence-electron chi connectivity index (χ2n) is 5.62. The maximum Gasteiger partial charge on any atom is 0.271 e. The number of hydrogen-bond donors (Lipinski definition) is 2. The molecule has 0 aliphatic rings. The van der Waals surface area contributed by atoms with Gasteiger partial charge in [0.2, 0.25) is 0 Å². The number of anilines is 1. The molecule has 130 valence electrons. The highest BCUT2D eigenvalue weighted by Gasteiger charge is 2.09. The molecule has 0 radical (unpaired) electrons. The summed E-state index contributed by atoms with van der Waals surface area (Å²) < 4.78 is 0. The Hall–Kier alpha value is -3.25. The molecule has 0 fully saturated rings. The van der Waals surface area contributed by atoms with Crippen LogP contribution in [-0.2, 0) is 0 Å². The zero-order chi connectivity index (χ0) is 18.4. The van der Waals surface area contributed by atoms with Crippen LogP contribution in [0.5, 0.6) is 0 Å². The van der Waals surface area contributed by atoms with Crippen molar-refractivity contribution in [3.05, 3.63) is 87.6 Å². The molecule has 3 rings (SSSR count). The van der Waals surface area contributed by atoms with Gasteiger partial charge in [-0.05, 0) is 48.7 Å². The lowest BCUT2D eigenvalue weighted by atomic mass is 10.1. The third kappa shape index (κ3) is 4.64. The monoisotopic (exact) mass is 363 g/mol. The van der Waals surface area contributed by atoms with Crippen molar-refractivity contribution in [3.63, 3.8) is 0 Å². The highest BCUT2D eigenvalue weighted by Crippen LogP contribution is 2.13. The lowest BCUT2D eigenvalue weighted by Crippen LogP contribution is -2.18. The number of aryl methyl sites for hydroxylation is 1. The van der Waals surface area contributed by atoms with Gasteiger partial charge in [-0.25, -0.2) is 5.43 Å². The van der Waals surface area contributed by atoms with E-state index in [1.54, 1.807) is 42.6 Å². The fourth-order valence-corrected chi connectivity index (χ4v) is 2.82. The predicted molar refractivity (Wildman–Crippen MR) is 105 cm³/mol. The number of carbonyl (C=O) groups excluding carboxylic acids is 2. The predicted octanol–water partition coefficient (Wildman–Crippen LogP) is 4.07. The molecule has 0 aliphatic heterocycles. The number of carbonyl (C=O) groups is 2. The van der Waals surface area contributed by atoms with Gasteiger partial charge in [0, 0.05) is 21.7 Å². The lowest BCUT2D eigenvalue weighted by molar-refractivity contribution is 0.0953. The van der Waals surface area contributed by atoms with Crippen molar-refractivity contribution in [1.82, 2.24) is 5.43 Å². The summed E-state index contributed by atoms with van der Waals surface area (Å²) >= 11 is 1.53. The first-order chi connectivity index (χ1) is 12.6. The third-order valence-corrected chi connectivity index (χ3v) is 4.40. The first-order valence-corrected chi connectivity index (χ1v) is 8.85. The Morgan fingerprint density at radius 1 is 0.962 bits per heavy atom. The minimum Gasteiger partial charge on any atom is -0.322 e. The molecule has 2 amide bonds. The van der Waals surface area contributed by atoms with Gasteiger partial charge in [0.05, 0.1) is 6.21 Å². The summed E-state index contributed by atoms with van der Waals surface area (Å²) in [7, 11) is 0. The number of benzene rings is 2. The minimum absolute atomic E-state index is 0.224. The number of nitrogens with zero attached hydrogens (tertiary/aromatic N) is 1. The molecule has 2 aromatic carbocycles. The SMILES string of the molecule is Cc1ccc(C(=O)Nc2cccc(C(=O)N/N=C\c3cccs3)c2)cc1. The molecule has 2 N–H and O–H groups in total. The Balaban J connectivity index is 1.64. The van der Waals surface area contributed by atoms with E-state index in [-0.39, 0.29) is 11.8 Å². The number of thiophene rings is 1. The topological polar surface area (TPSA) is 70.6 Å². The van der Waals surface area contributed by atoms with E-state index >= 15 is 0 Å². The molecule has 0 bridgehead atoms. The van der Waals surface area contributed by atoms with Crippen LogP contribution in [0.1, 0.15) is 31.2 Å². The van der Waals surface area contributed by atoms with Crippen LogP contribution in [0, 0.1) is 6.92 Å². The van der Waals surface area contributed by atoms with Crippen molar-refractivity contribution in [2.75, 3.05) is 5.32 Å². The van der Waals surface area contributed by atoms with E-state index < -0.39 is 0 Å². The van der Waals surface area contributed by atoms with E-state index in [9.17, 15) is 9.59 Å². The number of nitrogens with one attached hydrogen (secondary N) is 2. The first kappa shape index (κ1) is 17.6. The molecule has 0 aliphatic carbocycles. The van der Waals surface area contributed by atoms with Crippen LogP contribution >= 0.6 is 11.3 Å². The third-order valence-electron chi connectivity index (χ3n) is 3.60. The number of rotatable bonds is 5. The van der Waals surface area contributed by atoms with Crippen molar-refractivity contribution in [1.29, 1.82) is 0 Å². The Kier molecular flexibility index (Phi) is 5.56. The molecule has 0 saturated carbocycles. The zero-order valence-corrected chi connectivity index (χ0v) is 14.9. The summed E-state index contributed by atoms with van der Waals surface area (Å²) in [5, 5.41) is 8.66. The van der Waals surface area contributed by atoms with Crippen molar-refractivity contribution in [2.45, 2.75) is 6.92 Å². The van der Waals surface area contributed by atoms with Gasteiger partial charge in [0.1, 0.15) is 0 Å². The highest BCUT2D eigenvalue weighted by atomic mass is 32.1. The highest BCUT2D eigenvalue weighted by molar-refractivity contribution is 7.11. The van der Waals surface area contributed by atoms with Gasteiger partial charge in [-0.15, -0.1) is 11.3 Å². The summed E-state index contributed by atoms with van der Waals surface area (Å²) in [4.78, 5) is 25.4. The molecule has 0 spiro atoms. The summed E-state index contributed by atoms with van der Waals surface area (Å²) in [5.74, 6) is -0.567. The maximum atomic E-state index is 12.3. The van der Waals surface area contributed by atoms with Crippen LogP contribution in [0.15, 0.2) is 71.1 Å². The molecule has 0 unspecified atom stereocenters. The molecule has 26 heavy (non-hydrogen) atoms. The van der Waals surface area contributed by atoms with E-state index in [0.29, 0.717) is 16.8 Å². The zero-order valence-electron chi connectivity index (χ0n) is 14.1. The molecule has 6 heteroatoms. The Morgan fingerprint density at radius 2 is 1.77 bits per heavy atom. The van der Waals surface area contributed by atoms with Crippen LogP contribution in [-0.4, -0.2) is 18.0 Å². The largest absolute Gasteiger partial charge is 0.322 e. The molecule has 1 aromatic heterocycles. The average Bonchev–Trinajstić information content (AvgIpc) is 3.16. The Bertz CT molecular complexity index is 932.